The second-order valence-electron chi connectivity index (χ2n) is 8.29. The van der Waals surface area contributed by atoms with E-state index >= 15 is 0 Å². The van der Waals surface area contributed by atoms with Gasteiger partial charge in [-0.2, -0.15) is 12.7 Å². The summed E-state index contributed by atoms with van der Waals surface area (Å²) in [6.45, 7) is 3.75. The number of halogens is 1. The largest absolute Gasteiger partial charge is 0.354 e. The van der Waals surface area contributed by atoms with Crippen LogP contribution >= 0.6 is 0 Å². The van der Waals surface area contributed by atoms with Crippen LogP contribution in [-0.4, -0.2) is 69.2 Å². The average molecular weight is 507 g/mol. The predicted octanol–water partition coefficient (Wildman–Crippen LogP) is 2.81. The van der Waals surface area contributed by atoms with Crippen LogP contribution in [0.15, 0.2) is 54.6 Å². The van der Waals surface area contributed by atoms with Crippen LogP contribution in [0, 0.1) is 5.82 Å². The topological polar surface area (TPSA) is 90.0 Å². The van der Waals surface area contributed by atoms with Crippen LogP contribution in [0.5, 0.6) is 0 Å². The zero-order valence-corrected chi connectivity index (χ0v) is 21.6. The summed E-state index contributed by atoms with van der Waals surface area (Å²) in [6, 6.07) is 14.1. The Balaban J connectivity index is 2.42. The van der Waals surface area contributed by atoms with E-state index in [1.54, 1.807) is 6.92 Å². The third kappa shape index (κ3) is 7.50. The van der Waals surface area contributed by atoms with Gasteiger partial charge in [0.25, 0.3) is 0 Å². The van der Waals surface area contributed by atoms with Crippen molar-refractivity contribution in [3.63, 3.8) is 0 Å². The molecular formula is C25H35FN4O4S. The molecule has 0 radical (unpaired) electrons. The van der Waals surface area contributed by atoms with Crippen LogP contribution in [0.1, 0.15) is 32.3 Å². The first-order chi connectivity index (χ1) is 16.6. The van der Waals surface area contributed by atoms with Crippen LogP contribution < -0.4 is 9.62 Å². The molecule has 0 fully saturated rings. The van der Waals surface area contributed by atoms with Crippen molar-refractivity contribution >= 4 is 27.7 Å². The van der Waals surface area contributed by atoms with E-state index in [0.717, 1.165) is 26.7 Å². The molecule has 0 unspecified atom stereocenters. The molecule has 1 atom stereocenters. The summed E-state index contributed by atoms with van der Waals surface area (Å²) in [4.78, 5) is 27.9. The van der Waals surface area contributed by atoms with Crippen molar-refractivity contribution in [1.29, 1.82) is 0 Å². The number of rotatable bonds is 13. The Hall–Kier alpha value is -2.98. The molecule has 0 aliphatic heterocycles. The normalized spacial score (nSPS) is 12.3. The smallest absolute Gasteiger partial charge is 0.304 e. The molecule has 0 aromatic heterocycles. The van der Waals surface area contributed by atoms with Crippen molar-refractivity contribution in [3.05, 3.63) is 66.0 Å². The molecule has 2 amide bonds. The van der Waals surface area contributed by atoms with Crippen LogP contribution in [0.25, 0.3) is 0 Å². The summed E-state index contributed by atoms with van der Waals surface area (Å²) in [5, 5.41) is 2.83. The fourth-order valence-electron chi connectivity index (χ4n) is 3.62. The fourth-order valence-corrected chi connectivity index (χ4v) is 4.68. The number of benzene rings is 2. The second-order valence-corrected chi connectivity index (χ2v) is 10.4. The molecule has 1 N–H and O–H groups in total. The third-order valence-electron chi connectivity index (χ3n) is 5.56. The molecule has 0 heterocycles. The van der Waals surface area contributed by atoms with Gasteiger partial charge >= 0.3 is 10.2 Å². The summed E-state index contributed by atoms with van der Waals surface area (Å²) in [7, 11) is -1.57. The lowest BCUT2D eigenvalue weighted by Crippen LogP contribution is -2.54. The summed E-state index contributed by atoms with van der Waals surface area (Å²) in [5.41, 5.74) is 0.738. The van der Waals surface area contributed by atoms with Gasteiger partial charge in [-0.25, -0.2) is 8.70 Å². The molecule has 192 valence electrons. The standard InChI is InChI=1S/C25H35FN4O4S/c1-5-17-27-25(32)22(6-2)29(18-16-20-12-8-7-9-13-20)24(31)19-30(35(33,34)28(3)4)23-15-11-10-14-21(23)26/h7-15,22H,5-6,16-19H2,1-4H3,(H,27,32)/t22-/m1/s1. The highest BCUT2D eigenvalue weighted by atomic mass is 32.2. The average Bonchev–Trinajstić information content (AvgIpc) is 2.84. The van der Waals surface area contributed by atoms with Gasteiger partial charge in [0.15, 0.2) is 0 Å². The number of hydrogen-bond donors (Lipinski definition) is 1. The Morgan fingerprint density at radius 3 is 2.20 bits per heavy atom. The lowest BCUT2D eigenvalue weighted by Gasteiger charge is -2.34. The number of carbonyl (C=O) groups excluding carboxylic acids is 2. The van der Waals surface area contributed by atoms with Gasteiger partial charge in [-0.1, -0.05) is 56.3 Å². The van der Waals surface area contributed by atoms with Gasteiger partial charge < -0.3 is 10.2 Å². The highest BCUT2D eigenvalue weighted by Crippen LogP contribution is 2.23. The molecule has 35 heavy (non-hydrogen) atoms. The van der Waals surface area contributed by atoms with E-state index in [-0.39, 0.29) is 18.1 Å². The van der Waals surface area contributed by atoms with Crippen molar-refractivity contribution in [2.45, 2.75) is 39.2 Å². The fraction of sp³-hybridized carbons (Fsp3) is 0.440. The molecule has 0 saturated heterocycles. The second kappa shape index (κ2) is 13.2. The summed E-state index contributed by atoms with van der Waals surface area (Å²) in [5.74, 6) is -1.66. The number of nitrogens with one attached hydrogen (secondary N) is 1. The maximum absolute atomic E-state index is 14.6. The first kappa shape index (κ1) is 28.3. The molecule has 2 aromatic carbocycles. The number of amides is 2. The molecule has 0 bridgehead atoms. The molecule has 2 rings (SSSR count). The van der Waals surface area contributed by atoms with Gasteiger partial charge in [0.1, 0.15) is 18.4 Å². The lowest BCUT2D eigenvalue weighted by atomic mass is 10.1. The zero-order chi connectivity index (χ0) is 26.0. The minimum absolute atomic E-state index is 0.202. The quantitative estimate of drug-likeness (QED) is 0.452. The van der Waals surface area contributed by atoms with E-state index in [1.165, 1.54) is 37.2 Å². The van der Waals surface area contributed by atoms with E-state index in [2.05, 4.69) is 5.32 Å². The first-order valence-electron chi connectivity index (χ1n) is 11.7. The van der Waals surface area contributed by atoms with Crippen LogP contribution in [0.3, 0.4) is 0 Å². The van der Waals surface area contributed by atoms with Crippen LogP contribution in [0.2, 0.25) is 0 Å². The predicted molar refractivity (Wildman–Crippen MR) is 136 cm³/mol. The van der Waals surface area contributed by atoms with E-state index < -0.39 is 34.5 Å². The summed E-state index contributed by atoms with van der Waals surface area (Å²) in [6.07, 6.45) is 1.56. The number of hydrogen-bond acceptors (Lipinski definition) is 4. The number of nitrogens with zero attached hydrogens (tertiary/aromatic N) is 3. The molecule has 0 aliphatic carbocycles. The van der Waals surface area contributed by atoms with Crippen LogP contribution in [-0.2, 0) is 26.2 Å². The molecule has 0 spiro atoms. The number of para-hydroxylation sites is 1. The maximum atomic E-state index is 14.6. The molecule has 2 aromatic rings. The SMILES string of the molecule is CCCNC(=O)[C@@H](CC)N(CCc1ccccc1)C(=O)CN(c1ccccc1F)S(=O)(=O)N(C)C. The molecule has 0 saturated carbocycles. The number of anilines is 1. The minimum atomic E-state index is -4.20. The van der Waals surface area contributed by atoms with Gasteiger partial charge in [-0.3, -0.25) is 9.59 Å². The highest BCUT2D eigenvalue weighted by molar-refractivity contribution is 7.90. The Labute approximate surface area is 207 Å². The molecular weight excluding hydrogens is 471 g/mol. The van der Waals surface area contributed by atoms with Crippen molar-refractivity contribution in [1.82, 2.24) is 14.5 Å². The van der Waals surface area contributed by atoms with Gasteiger partial charge in [-0.15, -0.1) is 0 Å². The van der Waals surface area contributed by atoms with Crippen molar-refractivity contribution in [2.24, 2.45) is 0 Å². The van der Waals surface area contributed by atoms with Crippen molar-refractivity contribution in [2.75, 3.05) is 38.0 Å². The molecule has 0 aliphatic rings. The monoisotopic (exact) mass is 506 g/mol. The van der Waals surface area contributed by atoms with E-state index in [4.69, 9.17) is 0 Å². The first-order valence-corrected chi connectivity index (χ1v) is 13.1. The van der Waals surface area contributed by atoms with Crippen LogP contribution in [0.4, 0.5) is 10.1 Å². The third-order valence-corrected chi connectivity index (χ3v) is 7.37. The number of carbonyl (C=O) groups is 2. The van der Waals surface area contributed by atoms with E-state index in [1.807, 2.05) is 37.3 Å². The van der Waals surface area contributed by atoms with Gasteiger partial charge in [0, 0.05) is 27.2 Å². The highest BCUT2D eigenvalue weighted by Gasteiger charge is 2.34. The summed E-state index contributed by atoms with van der Waals surface area (Å²) >= 11 is 0. The van der Waals surface area contributed by atoms with Crippen molar-refractivity contribution < 1.29 is 22.4 Å². The van der Waals surface area contributed by atoms with E-state index in [9.17, 15) is 22.4 Å². The molecule has 8 nitrogen and oxygen atoms in total. The Kier molecular flexibility index (Phi) is 10.7. The maximum Gasteiger partial charge on any atom is 0.304 e. The Bertz CT molecular complexity index is 1080. The zero-order valence-electron chi connectivity index (χ0n) is 20.8. The van der Waals surface area contributed by atoms with E-state index in [0.29, 0.717) is 19.4 Å². The lowest BCUT2D eigenvalue weighted by molar-refractivity contribution is -0.139. The van der Waals surface area contributed by atoms with Gasteiger partial charge in [0.05, 0.1) is 5.69 Å². The minimum Gasteiger partial charge on any atom is -0.354 e. The van der Waals surface area contributed by atoms with Gasteiger partial charge in [-0.05, 0) is 37.0 Å². The van der Waals surface area contributed by atoms with Crippen molar-refractivity contribution in [3.8, 4) is 0 Å². The van der Waals surface area contributed by atoms with Gasteiger partial charge in [0.2, 0.25) is 11.8 Å². The Morgan fingerprint density at radius 1 is 1.00 bits per heavy atom. The Morgan fingerprint density at radius 2 is 1.63 bits per heavy atom. The summed E-state index contributed by atoms with van der Waals surface area (Å²) < 4.78 is 42.4. The molecule has 10 heteroatoms.